The summed E-state index contributed by atoms with van der Waals surface area (Å²) in [4.78, 5) is 24.3. The van der Waals surface area contributed by atoms with Crippen LogP contribution in [-0.4, -0.2) is 0 Å². The van der Waals surface area contributed by atoms with Gasteiger partial charge in [0.15, 0.2) is 10.9 Å². The zero-order valence-electron chi connectivity index (χ0n) is 9.59. The maximum absolute atomic E-state index is 12.3. The molecule has 0 aliphatic heterocycles. The van der Waals surface area contributed by atoms with Gasteiger partial charge in [0, 0.05) is 16.5 Å². The van der Waals surface area contributed by atoms with Crippen molar-refractivity contribution >= 4 is 10.8 Å². The zero-order valence-corrected chi connectivity index (χ0v) is 9.59. The lowest BCUT2D eigenvalue weighted by atomic mass is 9.98. The molecule has 0 unspecified atom stereocenters. The van der Waals surface area contributed by atoms with Gasteiger partial charge in [-0.1, -0.05) is 48.5 Å². The second-order valence-electron chi connectivity index (χ2n) is 4.16. The van der Waals surface area contributed by atoms with Crippen LogP contribution in [-0.2, 0) is 0 Å². The first kappa shape index (κ1) is 10.7. The lowest BCUT2D eigenvalue weighted by Crippen LogP contribution is -2.12. The van der Waals surface area contributed by atoms with Crippen LogP contribution in [0.3, 0.4) is 0 Å². The average molecular weight is 234 g/mol. The molecule has 0 spiro atoms. The van der Waals surface area contributed by atoms with Gasteiger partial charge in [0.05, 0.1) is 0 Å². The van der Waals surface area contributed by atoms with E-state index < -0.39 is 0 Å². The largest absolute Gasteiger partial charge is 0.289 e. The molecule has 3 rings (SSSR count). The van der Waals surface area contributed by atoms with Gasteiger partial charge >= 0.3 is 0 Å². The van der Waals surface area contributed by atoms with Crippen molar-refractivity contribution in [3.8, 4) is 11.1 Å². The number of benzene rings is 2. The van der Waals surface area contributed by atoms with Crippen molar-refractivity contribution in [3.63, 3.8) is 0 Å². The molecular weight excluding hydrogens is 224 g/mol. The highest BCUT2D eigenvalue weighted by Crippen LogP contribution is 2.19. The number of rotatable bonds is 0. The third kappa shape index (κ3) is 1.59. The predicted octanol–water partition coefficient (Wildman–Crippen LogP) is 2.67. The van der Waals surface area contributed by atoms with Crippen molar-refractivity contribution < 1.29 is 0 Å². The Bertz CT molecular complexity index is 822. The summed E-state index contributed by atoms with van der Waals surface area (Å²) < 4.78 is 0. The standard InChI is InChI=1S/C16H10O2/c17-15-9-3-1-2-8-13-14(15)10-11-6-4-5-7-12(11)16(13)18/h1-10H. The lowest BCUT2D eigenvalue weighted by molar-refractivity contribution is 1.53. The molecule has 2 aliphatic rings. The maximum Gasteiger partial charge on any atom is 0.194 e. The minimum absolute atomic E-state index is 0.0867. The van der Waals surface area contributed by atoms with Crippen LogP contribution in [0, 0.1) is 0 Å². The fourth-order valence-corrected chi connectivity index (χ4v) is 2.15. The summed E-state index contributed by atoms with van der Waals surface area (Å²) in [6.07, 6.45) is 0. The van der Waals surface area contributed by atoms with Crippen LogP contribution in [0.5, 0.6) is 0 Å². The summed E-state index contributed by atoms with van der Waals surface area (Å²) in [5.74, 6) is 0. The second-order valence-corrected chi connectivity index (χ2v) is 4.16. The molecule has 0 aromatic heterocycles. The monoisotopic (exact) mass is 234 g/mol. The highest BCUT2D eigenvalue weighted by Gasteiger charge is 2.10. The van der Waals surface area contributed by atoms with Crippen molar-refractivity contribution in [2.24, 2.45) is 0 Å². The van der Waals surface area contributed by atoms with Crippen LogP contribution in [0.15, 0.2) is 70.3 Å². The summed E-state index contributed by atoms with van der Waals surface area (Å²) in [6.45, 7) is 0. The van der Waals surface area contributed by atoms with Gasteiger partial charge in [-0.15, -0.1) is 0 Å². The van der Waals surface area contributed by atoms with Gasteiger partial charge in [0.2, 0.25) is 0 Å². The van der Waals surface area contributed by atoms with Crippen molar-refractivity contribution in [2.45, 2.75) is 0 Å². The summed E-state index contributed by atoms with van der Waals surface area (Å²) in [6, 6.07) is 17.5. The molecule has 2 heteroatoms. The van der Waals surface area contributed by atoms with E-state index in [1.165, 1.54) is 6.07 Å². The van der Waals surface area contributed by atoms with Gasteiger partial charge in [-0.3, -0.25) is 9.59 Å². The van der Waals surface area contributed by atoms with Gasteiger partial charge in [-0.2, -0.15) is 0 Å². The molecule has 0 fully saturated rings. The second kappa shape index (κ2) is 4.08. The molecule has 0 radical (unpaired) electrons. The van der Waals surface area contributed by atoms with Crippen LogP contribution in [0.4, 0.5) is 0 Å². The number of hydrogen-bond acceptors (Lipinski definition) is 2. The first-order valence-electron chi connectivity index (χ1n) is 5.72. The van der Waals surface area contributed by atoms with Gasteiger partial charge in [0.25, 0.3) is 0 Å². The predicted molar refractivity (Wildman–Crippen MR) is 73.1 cm³/mol. The molecule has 1 aromatic carbocycles. The Kier molecular flexibility index (Phi) is 2.41. The van der Waals surface area contributed by atoms with E-state index in [1.807, 2.05) is 18.2 Å². The van der Waals surface area contributed by atoms with Crippen LogP contribution in [0.1, 0.15) is 0 Å². The Hall–Kier alpha value is -2.48. The third-order valence-electron chi connectivity index (χ3n) is 3.04. The van der Waals surface area contributed by atoms with Crippen molar-refractivity contribution in [1.82, 2.24) is 0 Å². The molecular formula is C16H10O2. The summed E-state index contributed by atoms with van der Waals surface area (Å²) in [5.41, 5.74) is 0.725. The highest BCUT2D eigenvalue weighted by molar-refractivity contribution is 5.90. The van der Waals surface area contributed by atoms with E-state index in [4.69, 9.17) is 0 Å². The molecule has 0 heterocycles. The molecule has 0 saturated carbocycles. The Labute approximate surface area is 103 Å². The van der Waals surface area contributed by atoms with Crippen molar-refractivity contribution in [2.75, 3.05) is 0 Å². The zero-order chi connectivity index (χ0) is 12.5. The molecule has 2 nitrogen and oxygen atoms in total. The topological polar surface area (TPSA) is 34.1 Å². The fourth-order valence-electron chi connectivity index (χ4n) is 2.15. The minimum atomic E-state index is -0.131. The summed E-state index contributed by atoms with van der Waals surface area (Å²) >= 11 is 0. The molecule has 18 heavy (non-hydrogen) atoms. The van der Waals surface area contributed by atoms with Gasteiger partial charge in [-0.05, 0) is 17.5 Å². The van der Waals surface area contributed by atoms with Gasteiger partial charge < -0.3 is 0 Å². The molecule has 0 amide bonds. The van der Waals surface area contributed by atoms with E-state index in [-0.39, 0.29) is 10.9 Å². The van der Waals surface area contributed by atoms with Gasteiger partial charge in [-0.25, -0.2) is 0 Å². The average Bonchev–Trinajstić information content (AvgIpc) is 2.38. The van der Waals surface area contributed by atoms with E-state index in [1.54, 1.807) is 36.4 Å². The minimum Gasteiger partial charge on any atom is -0.289 e. The normalized spacial score (nSPS) is 10.7. The number of hydrogen-bond donors (Lipinski definition) is 0. The van der Waals surface area contributed by atoms with E-state index in [9.17, 15) is 9.59 Å². The first-order chi connectivity index (χ1) is 8.77. The molecule has 2 aliphatic carbocycles. The Morgan fingerprint density at radius 2 is 1.39 bits per heavy atom. The van der Waals surface area contributed by atoms with Crippen molar-refractivity contribution in [1.29, 1.82) is 0 Å². The van der Waals surface area contributed by atoms with Crippen LogP contribution >= 0.6 is 0 Å². The van der Waals surface area contributed by atoms with Crippen LogP contribution in [0.25, 0.3) is 21.9 Å². The van der Waals surface area contributed by atoms with E-state index in [0.717, 1.165) is 5.39 Å². The van der Waals surface area contributed by atoms with Gasteiger partial charge in [0.1, 0.15) is 0 Å². The summed E-state index contributed by atoms with van der Waals surface area (Å²) in [5, 5.41) is 1.46. The molecule has 0 N–H and O–H groups in total. The smallest absolute Gasteiger partial charge is 0.194 e. The Balaban J connectivity index is 2.64. The molecule has 0 saturated heterocycles. The molecule has 0 atom stereocenters. The SMILES string of the molecule is O=c1cccccc2c(=O)c3ccccc3cc1-2. The van der Waals surface area contributed by atoms with Crippen LogP contribution in [0.2, 0.25) is 0 Å². The van der Waals surface area contributed by atoms with E-state index >= 15 is 0 Å². The third-order valence-corrected chi connectivity index (χ3v) is 3.04. The quantitative estimate of drug-likeness (QED) is 0.599. The maximum atomic E-state index is 12.3. The van der Waals surface area contributed by atoms with E-state index in [0.29, 0.717) is 16.5 Å². The molecule has 86 valence electrons. The lowest BCUT2D eigenvalue weighted by Gasteiger charge is -2.03. The molecule has 1 aromatic rings. The van der Waals surface area contributed by atoms with Crippen molar-refractivity contribution in [3.05, 3.63) is 81.1 Å². The highest BCUT2D eigenvalue weighted by atomic mass is 16.1. The van der Waals surface area contributed by atoms with Crippen LogP contribution < -0.4 is 10.9 Å². The first-order valence-corrected chi connectivity index (χ1v) is 5.72. The molecule has 0 bridgehead atoms. The Morgan fingerprint density at radius 1 is 0.667 bits per heavy atom. The summed E-state index contributed by atoms with van der Waals surface area (Å²) in [7, 11) is 0. The van der Waals surface area contributed by atoms with E-state index in [2.05, 4.69) is 0 Å². The Morgan fingerprint density at radius 3 is 2.28 bits per heavy atom. The fraction of sp³-hybridized carbons (Fsp3) is 0. The number of fused-ring (bicyclic) bond motifs is 2.